The van der Waals surface area contributed by atoms with Crippen LogP contribution in [0, 0.1) is 0 Å². The molecule has 0 saturated heterocycles. The van der Waals surface area contributed by atoms with Crippen LogP contribution in [0.2, 0.25) is 4.34 Å². The second-order valence-electron chi connectivity index (χ2n) is 4.32. The lowest BCUT2D eigenvalue weighted by Crippen LogP contribution is -2.34. The molecule has 1 N–H and O–H groups in total. The summed E-state index contributed by atoms with van der Waals surface area (Å²) in [5, 5.41) is 5.72. The van der Waals surface area contributed by atoms with Crippen molar-refractivity contribution in [1.82, 2.24) is 5.32 Å². The maximum atomic E-state index is 6.06. The van der Waals surface area contributed by atoms with Gasteiger partial charge in [0.25, 0.3) is 0 Å². The molecule has 0 aliphatic carbocycles. The highest BCUT2D eigenvalue weighted by Crippen LogP contribution is 2.33. The third-order valence-corrected chi connectivity index (χ3v) is 4.96. The minimum absolute atomic E-state index is 0.202. The second-order valence-corrected chi connectivity index (χ2v) is 7.04. The van der Waals surface area contributed by atoms with E-state index in [-0.39, 0.29) is 6.04 Å². The minimum Gasteiger partial charge on any atom is -0.380 e. The van der Waals surface area contributed by atoms with Gasteiger partial charge in [-0.15, -0.1) is 22.7 Å². The van der Waals surface area contributed by atoms with E-state index in [1.54, 1.807) is 22.7 Å². The molecule has 0 spiro atoms. The van der Waals surface area contributed by atoms with E-state index in [0.29, 0.717) is 6.04 Å². The van der Waals surface area contributed by atoms with E-state index < -0.39 is 0 Å². The SMILES string of the molecule is CCOCC(C)NC(c1cccs1)c1ccc(Cl)s1. The van der Waals surface area contributed by atoms with Crippen LogP contribution in [0.4, 0.5) is 0 Å². The Bertz CT molecular complexity index is 483. The molecular weight excluding hydrogens is 298 g/mol. The van der Waals surface area contributed by atoms with Gasteiger partial charge in [0.1, 0.15) is 0 Å². The number of hydrogen-bond acceptors (Lipinski definition) is 4. The largest absolute Gasteiger partial charge is 0.380 e. The van der Waals surface area contributed by atoms with Crippen LogP contribution < -0.4 is 5.32 Å². The fraction of sp³-hybridized carbons (Fsp3) is 0.429. The Morgan fingerprint density at radius 2 is 2.16 bits per heavy atom. The van der Waals surface area contributed by atoms with Crippen molar-refractivity contribution < 1.29 is 4.74 Å². The lowest BCUT2D eigenvalue weighted by molar-refractivity contribution is 0.125. The standard InChI is InChI=1S/C14H18ClNOS2/c1-3-17-9-10(2)16-14(11-5-4-8-18-11)12-6-7-13(15)19-12/h4-8,10,14,16H,3,9H2,1-2H3. The average molecular weight is 316 g/mol. The van der Waals surface area contributed by atoms with Crippen molar-refractivity contribution in [2.45, 2.75) is 25.9 Å². The number of halogens is 1. The topological polar surface area (TPSA) is 21.3 Å². The van der Waals surface area contributed by atoms with E-state index >= 15 is 0 Å². The summed E-state index contributed by atoms with van der Waals surface area (Å²) >= 11 is 9.45. The molecule has 0 aromatic carbocycles. The fourth-order valence-electron chi connectivity index (χ4n) is 1.87. The summed E-state index contributed by atoms with van der Waals surface area (Å²) in [6.07, 6.45) is 0. The molecule has 2 unspecified atom stereocenters. The molecule has 0 radical (unpaired) electrons. The van der Waals surface area contributed by atoms with Gasteiger partial charge in [-0.3, -0.25) is 0 Å². The fourth-order valence-corrected chi connectivity index (χ4v) is 3.89. The zero-order valence-corrected chi connectivity index (χ0v) is 13.4. The van der Waals surface area contributed by atoms with Crippen molar-refractivity contribution in [3.8, 4) is 0 Å². The summed E-state index contributed by atoms with van der Waals surface area (Å²) in [6.45, 7) is 5.63. The van der Waals surface area contributed by atoms with Crippen LogP contribution in [0.15, 0.2) is 29.6 Å². The Morgan fingerprint density at radius 3 is 2.74 bits per heavy atom. The van der Waals surface area contributed by atoms with Gasteiger partial charge < -0.3 is 10.1 Å². The highest BCUT2D eigenvalue weighted by atomic mass is 35.5. The predicted octanol–water partition coefficient (Wildman–Crippen LogP) is 4.57. The molecule has 2 heterocycles. The van der Waals surface area contributed by atoms with Crippen molar-refractivity contribution in [3.63, 3.8) is 0 Å². The third-order valence-electron chi connectivity index (χ3n) is 2.73. The maximum absolute atomic E-state index is 6.06. The first-order chi connectivity index (χ1) is 9.20. The molecule has 2 aromatic rings. The van der Waals surface area contributed by atoms with Gasteiger partial charge >= 0.3 is 0 Å². The first-order valence-electron chi connectivity index (χ1n) is 6.33. The van der Waals surface area contributed by atoms with Gasteiger partial charge in [0.05, 0.1) is 17.0 Å². The molecule has 0 fully saturated rings. The van der Waals surface area contributed by atoms with Crippen LogP contribution in [0.25, 0.3) is 0 Å². The summed E-state index contributed by atoms with van der Waals surface area (Å²) in [4.78, 5) is 2.55. The Balaban J connectivity index is 2.11. The van der Waals surface area contributed by atoms with E-state index in [0.717, 1.165) is 17.6 Å². The van der Waals surface area contributed by atoms with Crippen molar-refractivity contribution in [2.75, 3.05) is 13.2 Å². The van der Waals surface area contributed by atoms with E-state index in [1.807, 2.05) is 13.0 Å². The van der Waals surface area contributed by atoms with Crippen LogP contribution in [0.3, 0.4) is 0 Å². The van der Waals surface area contributed by atoms with Crippen LogP contribution in [0.1, 0.15) is 29.6 Å². The van der Waals surface area contributed by atoms with Gasteiger partial charge in [0.15, 0.2) is 0 Å². The predicted molar refractivity (Wildman–Crippen MR) is 84.6 cm³/mol. The Morgan fingerprint density at radius 1 is 1.32 bits per heavy atom. The van der Waals surface area contributed by atoms with Crippen LogP contribution >= 0.6 is 34.3 Å². The van der Waals surface area contributed by atoms with Gasteiger partial charge in [-0.2, -0.15) is 0 Å². The summed E-state index contributed by atoms with van der Waals surface area (Å²) in [5.41, 5.74) is 0. The molecule has 19 heavy (non-hydrogen) atoms. The zero-order chi connectivity index (χ0) is 13.7. The zero-order valence-electron chi connectivity index (χ0n) is 11.1. The van der Waals surface area contributed by atoms with Crippen LogP contribution in [-0.2, 0) is 4.74 Å². The molecule has 0 bridgehead atoms. The first kappa shape index (κ1) is 15.0. The Labute approximate surface area is 127 Å². The first-order valence-corrected chi connectivity index (χ1v) is 8.40. The van der Waals surface area contributed by atoms with Gasteiger partial charge in [0, 0.05) is 22.4 Å². The van der Waals surface area contributed by atoms with Crippen LogP contribution in [-0.4, -0.2) is 19.3 Å². The molecule has 0 saturated carbocycles. The molecule has 0 amide bonds. The monoisotopic (exact) mass is 315 g/mol. The lowest BCUT2D eigenvalue weighted by Gasteiger charge is -2.21. The normalized spacial score (nSPS) is 14.5. The van der Waals surface area contributed by atoms with E-state index in [2.05, 4.69) is 35.8 Å². The second kappa shape index (κ2) is 7.41. The number of rotatable bonds is 7. The van der Waals surface area contributed by atoms with Gasteiger partial charge in [-0.05, 0) is 37.4 Å². The molecule has 2 atom stereocenters. The van der Waals surface area contributed by atoms with Crippen molar-refractivity contribution in [1.29, 1.82) is 0 Å². The molecule has 2 rings (SSSR count). The molecule has 5 heteroatoms. The molecule has 2 nitrogen and oxygen atoms in total. The van der Waals surface area contributed by atoms with Crippen molar-refractivity contribution in [3.05, 3.63) is 43.7 Å². The smallest absolute Gasteiger partial charge is 0.0931 e. The van der Waals surface area contributed by atoms with Crippen LogP contribution in [0.5, 0.6) is 0 Å². The molecular formula is C14H18ClNOS2. The lowest BCUT2D eigenvalue weighted by atomic mass is 10.1. The number of ether oxygens (including phenoxy) is 1. The maximum Gasteiger partial charge on any atom is 0.0931 e. The Hall–Kier alpha value is -0.390. The number of thiophene rings is 2. The van der Waals surface area contributed by atoms with Gasteiger partial charge in [-0.1, -0.05) is 17.7 Å². The van der Waals surface area contributed by atoms with Crippen molar-refractivity contribution in [2.24, 2.45) is 0 Å². The summed E-state index contributed by atoms with van der Waals surface area (Å²) in [6, 6.07) is 8.79. The average Bonchev–Trinajstić information content (AvgIpc) is 3.04. The summed E-state index contributed by atoms with van der Waals surface area (Å²) in [5.74, 6) is 0. The molecule has 0 aliphatic rings. The van der Waals surface area contributed by atoms with E-state index in [4.69, 9.17) is 16.3 Å². The van der Waals surface area contributed by atoms with Gasteiger partial charge in [-0.25, -0.2) is 0 Å². The molecule has 104 valence electrons. The minimum atomic E-state index is 0.202. The summed E-state index contributed by atoms with van der Waals surface area (Å²) in [7, 11) is 0. The summed E-state index contributed by atoms with van der Waals surface area (Å²) < 4.78 is 6.30. The van der Waals surface area contributed by atoms with E-state index in [9.17, 15) is 0 Å². The molecule has 2 aromatic heterocycles. The Kier molecular flexibility index (Phi) is 5.85. The van der Waals surface area contributed by atoms with Crippen molar-refractivity contribution >= 4 is 34.3 Å². The number of hydrogen-bond donors (Lipinski definition) is 1. The highest BCUT2D eigenvalue weighted by Gasteiger charge is 2.19. The van der Waals surface area contributed by atoms with Gasteiger partial charge in [0.2, 0.25) is 0 Å². The number of nitrogens with one attached hydrogen (secondary N) is 1. The third kappa shape index (κ3) is 4.29. The molecule has 0 aliphatic heterocycles. The highest BCUT2D eigenvalue weighted by molar-refractivity contribution is 7.16. The van der Waals surface area contributed by atoms with E-state index in [1.165, 1.54) is 9.75 Å². The quantitative estimate of drug-likeness (QED) is 0.808.